The zero-order chi connectivity index (χ0) is 21.4. The molecule has 2 aromatic rings. The number of aliphatic carboxylic acids is 1. The number of hydrogen-bond acceptors (Lipinski definition) is 5. The van der Waals surface area contributed by atoms with Crippen LogP contribution in [0.4, 0.5) is 5.69 Å². The van der Waals surface area contributed by atoms with Crippen LogP contribution in [-0.2, 0) is 16.0 Å². The van der Waals surface area contributed by atoms with E-state index in [0.29, 0.717) is 30.2 Å². The predicted octanol–water partition coefficient (Wildman–Crippen LogP) is 2.93. The first-order valence-corrected chi connectivity index (χ1v) is 9.38. The number of amides is 1. The van der Waals surface area contributed by atoms with Crippen molar-refractivity contribution in [2.45, 2.75) is 32.7 Å². The number of rotatable bonds is 10. The molecule has 0 bridgehead atoms. The Hall–Kier alpha value is -3.06. The van der Waals surface area contributed by atoms with Gasteiger partial charge in [-0.25, -0.2) is 0 Å². The summed E-state index contributed by atoms with van der Waals surface area (Å²) in [4.78, 5) is 23.8. The Morgan fingerprint density at radius 3 is 2.34 bits per heavy atom. The highest BCUT2D eigenvalue weighted by atomic mass is 16.5. The van der Waals surface area contributed by atoms with Gasteiger partial charge in [0.25, 0.3) is 0 Å². The number of hydrogen-bond donors (Lipinski definition) is 3. The monoisotopic (exact) mass is 400 g/mol. The lowest BCUT2D eigenvalue weighted by molar-refractivity contribution is -0.141. The first-order valence-electron chi connectivity index (χ1n) is 9.38. The highest BCUT2D eigenvalue weighted by Crippen LogP contribution is 2.27. The van der Waals surface area contributed by atoms with Gasteiger partial charge in [0, 0.05) is 5.69 Å². The third-order valence-electron chi connectivity index (χ3n) is 4.73. The lowest BCUT2D eigenvalue weighted by Crippen LogP contribution is -2.40. The van der Waals surface area contributed by atoms with Crippen LogP contribution in [0.25, 0.3) is 0 Å². The molecule has 7 nitrogen and oxygen atoms in total. The molecule has 0 saturated carbocycles. The van der Waals surface area contributed by atoms with E-state index in [9.17, 15) is 14.7 Å². The molecule has 1 unspecified atom stereocenters. The number of nitrogens with one attached hydrogen (secondary N) is 2. The van der Waals surface area contributed by atoms with Crippen LogP contribution in [0.2, 0.25) is 0 Å². The normalized spacial score (nSPS) is 11.6. The summed E-state index contributed by atoms with van der Waals surface area (Å²) in [5.41, 5.74) is 3.82. The van der Waals surface area contributed by atoms with Gasteiger partial charge in [0.15, 0.2) is 11.5 Å². The van der Waals surface area contributed by atoms with Gasteiger partial charge in [0.05, 0.1) is 20.6 Å². The third-order valence-corrected chi connectivity index (χ3v) is 4.73. The summed E-state index contributed by atoms with van der Waals surface area (Å²) in [6.45, 7) is 4.36. The van der Waals surface area contributed by atoms with Gasteiger partial charge in [-0.3, -0.25) is 9.59 Å². The molecule has 0 aliphatic heterocycles. The molecule has 0 aliphatic carbocycles. The van der Waals surface area contributed by atoms with Crippen LogP contribution in [0, 0.1) is 13.8 Å². The van der Waals surface area contributed by atoms with Crippen molar-refractivity contribution in [1.82, 2.24) is 5.32 Å². The van der Waals surface area contributed by atoms with E-state index in [1.165, 1.54) is 0 Å². The second kappa shape index (κ2) is 10.5. The van der Waals surface area contributed by atoms with Crippen LogP contribution in [0.5, 0.6) is 11.5 Å². The maximum Gasteiger partial charge on any atom is 0.321 e. The summed E-state index contributed by atoms with van der Waals surface area (Å²) < 4.78 is 10.5. The highest BCUT2D eigenvalue weighted by Gasteiger charge is 2.20. The molecule has 29 heavy (non-hydrogen) atoms. The van der Waals surface area contributed by atoms with E-state index in [4.69, 9.17) is 9.47 Å². The molecule has 2 rings (SSSR count). The standard InChI is InChI=1S/C22H28N2O5/c1-14-5-7-17(11-15(14)2)24-21(25)13-18(22(26)27)23-10-9-16-6-8-19(28-3)20(12-16)29-4/h5-8,11-12,18,23H,9-10,13H2,1-4H3,(H,24,25)(H,26,27). The summed E-state index contributed by atoms with van der Waals surface area (Å²) in [7, 11) is 3.13. The minimum absolute atomic E-state index is 0.159. The summed E-state index contributed by atoms with van der Waals surface area (Å²) in [6, 6.07) is 10.2. The molecule has 0 aliphatic rings. The fraction of sp³-hybridized carbons (Fsp3) is 0.364. The van der Waals surface area contributed by atoms with Gasteiger partial charge >= 0.3 is 5.97 Å². The van der Waals surface area contributed by atoms with Crippen molar-refractivity contribution in [2.75, 3.05) is 26.1 Å². The van der Waals surface area contributed by atoms with E-state index < -0.39 is 12.0 Å². The minimum Gasteiger partial charge on any atom is -0.493 e. The molecule has 156 valence electrons. The fourth-order valence-electron chi connectivity index (χ4n) is 2.89. The van der Waals surface area contributed by atoms with E-state index in [1.54, 1.807) is 26.4 Å². The van der Waals surface area contributed by atoms with Crippen molar-refractivity contribution in [3.63, 3.8) is 0 Å². The number of methoxy groups -OCH3 is 2. The Morgan fingerprint density at radius 1 is 1.00 bits per heavy atom. The van der Waals surface area contributed by atoms with E-state index in [1.807, 2.05) is 38.1 Å². The molecule has 0 heterocycles. The second-order valence-electron chi connectivity index (χ2n) is 6.84. The first kappa shape index (κ1) is 22.2. The quantitative estimate of drug-likeness (QED) is 0.567. The van der Waals surface area contributed by atoms with Gasteiger partial charge in [-0.1, -0.05) is 12.1 Å². The summed E-state index contributed by atoms with van der Waals surface area (Å²) in [5, 5.41) is 15.1. The van der Waals surface area contributed by atoms with Crippen molar-refractivity contribution in [3.8, 4) is 11.5 Å². The smallest absolute Gasteiger partial charge is 0.321 e. The Labute approximate surface area is 171 Å². The third kappa shape index (κ3) is 6.50. The molecule has 7 heteroatoms. The molecule has 3 N–H and O–H groups in total. The van der Waals surface area contributed by atoms with Gasteiger partial charge in [-0.05, 0) is 67.8 Å². The number of aryl methyl sites for hydroxylation is 2. The zero-order valence-electron chi connectivity index (χ0n) is 17.2. The van der Waals surface area contributed by atoms with Gasteiger partial charge in [0.1, 0.15) is 6.04 Å². The van der Waals surface area contributed by atoms with Crippen LogP contribution in [0.3, 0.4) is 0 Å². The Kier molecular flexibility index (Phi) is 8.03. The zero-order valence-corrected chi connectivity index (χ0v) is 17.2. The van der Waals surface area contributed by atoms with E-state index in [-0.39, 0.29) is 12.3 Å². The minimum atomic E-state index is -1.06. The Bertz CT molecular complexity index is 866. The van der Waals surface area contributed by atoms with Crippen LogP contribution in [-0.4, -0.2) is 43.8 Å². The molecule has 0 spiro atoms. The van der Waals surface area contributed by atoms with Crippen LogP contribution >= 0.6 is 0 Å². The van der Waals surface area contributed by atoms with Gasteiger partial charge in [-0.15, -0.1) is 0 Å². The molecule has 1 atom stereocenters. The summed E-state index contributed by atoms with van der Waals surface area (Å²) in [5.74, 6) is -0.157. The van der Waals surface area contributed by atoms with Gasteiger partial charge < -0.3 is 25.2 Å². The number of carbonyl (C=O) groups excluding carboxylic acids is 1. The summed E-state index contributed by atoms with van der Waals surface area (Å²) in [6.07, 6.45) is 0.428. The lowest BCUT2D eigenvalue weighted by Gasteiger charge is -2.15. The second-order valence-corrected chi connectivity index (χ2v) is 6.84. The van der Waals surface area contributed by atoms with Crippen molar-refractivity contribution < 1.29 is 24.2 Å². The predicted molar refractivity (Wildman–Crippen MR) is 112 cm³/mol. The molecular weight excluding hydrogens is 372 g/mol. The first-order chi connectivity index (χ1) is 13.8. The van der Waals surface area contributed by atoms with E-state index in [2.05, 4.69) is 10.6 Å². The van der Waals surface area contributed by atoms with Gasteiger partial charge in [-0.2, -0.15) is 0 Å². The van der Waals surface area contributed by atoms with Crippen LogP contribution in [0.15, 0.2) is 36.4 Å². The molecule has 0 fully saturated rings. The Morgan fingerprint density at radius 2 is 1.72 bits per heavy atom. The molecule has 0 aromatic heterocycles. The van der Waals surface area contributed by atoms with Crippen molar-refractivity contribution in [2.24, 2.45) is 0 Å². The fourth-order valence-corrected chi connectivity index (χ4v) is 2.89. The van der Waals surface area contributed by atoms with Gasteiger partial charge in [0.2, 0.25) is 5.91 Å². The van der Waals surface area contributed by atoms with E-state index >= 15 is 0 Å². The van der Waals surface area contributed by atoms with Crippen molar-refractivity contribution in [3.05, 3.63) is 53.1 Å². The maximum absolute atomic E-state index is 12.3. The molecule has 2 aromatic carbocycles. The maximum atomic E-state index is 12.3. The number of carbonyl (C=O) groups is 2. The average molecular weight is 400 g/mol. The van der Waals surface area contributed by atoms with Crippen LogP contribution in [0.1, 0.15) is 23.1 Å². The Balaban J connectivity index is 1.90. The number of ether oxygens (including phenoxy) is 2. The summed E-state index contributed by atoms with van der Waals surface area (Å²) >= 11 is 0. The van der Waals surface area contributed by atoms with Crippen molar-refractivity contribution >= 4 is 17.6 Å². The molecule has 0 saturated heterocycles. The van der Waals surface area contributed by atoms with Crippen LogP contribution < -0.4 is 20.1 Å². The van der Waals surface area contributed by atoms with E-state index in [0.717, 1.165) is 16.7 Å². The molecular formula is C22H28N2O5. The molecule has 1 amide bonds. The van der Waals surface area contributed by atoms with Crippen molar-refractivity contribution in [1.29, 1.82) is 0 Å². The number of anilines is 1. The molecule has 0 radical (unpaired) electrons. The lowest BCUT2D eigenvalue weighted by atomic mass is 10.1. The topological polar surface area (TPSA) is 96.9 Å². The highest BCUT2D eigenvalue weighted by molar-refractivity contribution is 5.94. The number of benzene rings is 2. The average Bonchev–Trinajstić information content (AvgIpc) is 2.69. The number of carboxylic acids is 1. The largest absolute Gasteiger partial charge is 0.493 e. The number of carboxylic acid groups (broad SMARTS) is 1. The SMILES string of the molecule is COc1ccc(CCNC(CC(=O)Nc2ccc(C)c(C)c2)C(=O)O)cc1OC.